The summed E-state index contributed by atoms with van der Waals surface area (Å²) >= 11 is 0. The van der Waals surface area contributed by atoms with Crippen LogP contribution in [0.15, 0.2) is 170 Å². The average Bonchev–Trinajstić information content (AvgIpc) is 3.20. The largest absolute Gasteiger partial charge is 0.228 e. The fraction of sp³-hybridized carbons (Fsp3) is 0. The Morgan fingerprint density at radius 3 is 1.48 bits per heavy atom. The maximum atomic E-state index is 5.25. The first kappa shape index (κ1) is 28.3. The van der Waals surface area contributed by atoms with Crippen molar-refractivity contribution in [3.8, 4) is 56.5 Å². The summed E-state index contributed by atoms with van der Waals surface area (Å²) in [5.41, 5.74) is 8.63. The van der Waals surface area contributed by atoms with E-state index in [1.54, 1.807) is 0 Å². The van der Waals surface area contributed by atoms with Gasteiger partial charge in [0.1, 0.15) is 0 Å². The molecule has 0 saturated carbocycles. The topological polar surface area (TPSA) is 51.6 Å². The number of aromatic nitrogens is 4. The van der Waals surface area contributed by atoms with Gasteiger partial charge in [0.05, 0.1) is 22.6 Å². The molecule has 0 spiro atoms. The highest BCUT2D eigenvalue weighted by atomic mass is 14.9. The molecule has 0 aliphatic rings. The molecule has 0 atom stereocenters. The molecule has 4 heteroatoms. The molecule has 0 fully saturated rings. The van der Waals surface area contributed by atoms with Crippen LogP contribution in [-0.2, 0) is 0 Å². The molecule has 232 valence electrons. The SMILES string of the molecule is c1ccc(-c2cc(-c3ccc(-c4nc(-c5cc6ccc7cccc8ccc(c5)c6c78)c5ccccc5n4)cc3)nc(-c3ccccc3)n2)cc1. The molecule has 50 heavy (non-hydrogen) atoms. The van der Waals surface area contributed by atoms with Crippen molar-refractivity contribution in [1.82, 2.24) is 19.9 Å². The summed E-state index contributed by atoms with van der Waals surface area (Å²) < 4.78 is 0. The van der Waals surface area contributed by atoms with Gasteiger partial charge in [-0.25, -0.2) is 19.9 Å². The van der Waals surface area contributed by atoms with Gasteiger partial charge < -0.3 is 0 Å². The van der Waals surface area contributed by atoms with Gasteiger partial charge in [-0.3, -0.25) is 0 Å². The van der Waals surface area contributed by atoms with Crippen LogP contribution < -0.4 is 0 Å². The van der Waals surface area contributed by atoms with E-state index in [1.165, 1.54) is 32.3 Å². The number of rotatable bonds is 5. The molecule has 2 heterocycles. The Labute approximate surface area is 288 Å². The first-order valence-corrected chi connectivity index (χ1v) is 16.8. The van der Waals surface area contributed by atoms with E-state index >= 15 is 0 Å². The summed E-state index contributed by atoms with van der Waals surface area (Å²) in [4.78, 5) is 20.3. The summed E-state index contributed by atoms with van der Waals surface area (Å²) in [5.74, 6) is 1.38. The molecule has 4 nitrogen and oxygen atoms in total. The van der Waals surface area contributed by atoms with Crippen LogP contribution in [0.5, 0.6) is 0 Å². The molecule has 0 aliphatic heterocycles. The van der Waals surface area contributed by atoms with Crippen LogP contribution in [0, 0.1) is 0 Å². The van der Waals surface area contributed by atoms with E-state index in [2.05, 4.69) is 115 Å². The van der Waals surface area contributed by atoms with Crippen LogP contribution in [0.4, 0.5) is 0 Å². The lowest BCUT2D eigenvalue weighted by molar-refractivity contribution is 1.18. The van der Waals surface area contributed by atoms with Gasteiger partial charge in [0.25, 0.3) is 0 Å². The molecule has 0 radical (unpaired) electrons. The van der Waals surface area contributed by atoms with E-state index < -0.39 is 0 Å². The number of hydrogen-bond donors (Lipinski definition) is 0. The van der Waals surface area contributed by atoms with Gasteiger partial charge in [0.2, 0.25) is 0 Å². The third-order valence-corrected chi connectivity index (χ3v) is 9.61. The van der Waals surface area contributed by atoms with Crippen molar-refractivity contribution in [2.75, 3.05) is 0 Å². The maximum absolute atomic E-state index is 5.25. The zero-order chi connectivity index (χ0) is 33.0. The van der Waals surface area contributed by atoms with Crippen LogP contribution >= 0.6 is 0 Å². The number of benzene rings is 8. The van der Waals surface area contributed by atoms with Gasteiger partial charge >= 0.3 is 0 Å². The van der Waals surface area contributed by atoms with E-state index in [1.807, 2.05) is 54.6 Å². The highest BCUT2D eigenvalue weighted by Gasteiger charge is 2.16. The van der Waals surface area contributed by atoms with Crippen LogP contribution in [0.2, 0.25) is 0 Å². The van der Waals surface area contributed by atoms with Crippen molar-refractivity contribution in [3.05, 3.63) is 170 Å². The standard InChI is InChI=1S/C46H28N4/c1-3-10-29(11-4-1)40-28-41(49-45(48-40)33-12-5-2-6-13-33)30-18-22-34(23-19-30)46-47-39-17-8-7-16-38(39)44(50-46)37-26-35-24-20-31-14-9-15-32-21-25-36(27-37)43(35)42(31)32/h1-28H. The minimum absolute atomic E-state index is 0.688. The predicted octanol–water partition coefficient (Wildman–Crippen LogP) is 11.7. The Morgan fingerprint density at radius 2 is 0.800 bits per heavy atom. The van der Waals surface area contributed by atoms with Crippen molar-refractivity contribution in [2.24, 2.45) is 0 Å². The number of nitrogens with zero attached hydrogens (tertiary/aromatic N) is 4. The molecule has 0 N–H and O–H groups in total. The summed E-state index contributed by atoms with van der Waals surface area (Å²) in [6, 6.07) is 59.1. The number of hydrogen-bond acceptors (Lipinski definition) is 4. The lowest BCUT2D eigenvalue weighted by Crippen LogP contribution is -1.97. The van der Waals surface area contributed by atoms with E-state index in [-0.39, 0.29) is 0 Å². The van der Waals surface area contributed by atoms with Gasteiger partial charge in [-0.1, -0.05) is 146 Å². The fourth-order valence-corrected chi connectivity index (χ4v) is 7.17. The van der Waals surface area contributed by atoms with Gasteiger partial charge in [-0.15, -0.1) is 0 Å². The molecule has 8 aromatic carbocycles. The van der Waals surface area contributed by atoms with Crippen molar-refractivity contribution >= 4 is 43.2 Å². The smallest absolute Gasteiger partial charge is 0.160 e. The molecule has 2 aromatic heterocycles. The zero-order valence-electron chi connectivity index (χ0n) is 27.0. The summed E-state index contributed by atoms with van der Waals surface area (Å²) in [7, 11) is 0. The van der Waals surface area contributed by atoms with Crippen molar-refractivity contribution in [2.45, 2.75) is 0 Å². The third-order valence-electron chi connectivity index (χ3n) is 9.61. The molecule has 0 saturated heterocycles. The van der Waals surface area contributed by atoms with Crippen LogP contribution in [0.1, 0.15) is 0 Å². The van der Waals surface area contributed by atoms with Crippen molar-refractivity contribution < 1.29 is 0 Å². The van der Waals surface area contributed by atoms with Gasteiger partial charge in [0, 0.05) is 33.2 Å². The Hall–Kier alpha value is -6.78. The molecule has 0 bridgehead atoms. The Kier molecular flexibility index (Phi) is 6.46. The highest BCUT2D eigenvalue weighted by Crippen LogP contribution is 2.39. The second kappa shape index (κ2) is 11.4. The molecule has 10 rings (SSSR count). The Bertz CT molecular complexity index is 2730. The maximum Gasteiger partial charge on any atom is 0.160 e. The van der Waals surface area contributed by atoms with E-state index in [0.29, 0.717) is 11.6 Å². The van der Waals surface area contributed by atoms with Crippen LogP contribution in [-0.4, -0.2) is 19.9 Å². The second-order valence-electron chi connectivity index (χ2n) is 12.7. The first-order valence-electron chi connectivity index (χ1n) is 16.8. The van der Waals surface area contributed by atoms with Crippen LogP contribution in [0.25, 0.3) is 99.8 Å². The van der Waals surface area contributed by atoms with Crippen molar-refractivity contribution in [1.29, 1.82) is 0 Å². The fourth-order valence-electron chi connectivity index (χ4n) is 7.17. The minimum atomic E-state index is 0.688. The molecular formula is C46H28N4. The second-order valence-corrected chi connectivity index (χ2v) is 12.7. The summed E-state index contributed by atoms with van der Waals surface area (Å²) in [6.07, 6.45) is 0. The average molecular weight is 637 g/mol. The molecule has 0 aliphatic carbocycles. The van der Waals surface area contributed by atoms with E-state index in [9.17, 15) is 0 Å². The molecule has 10 aromatic rings. The Morgan fingerprint density at radius 1 is 0.300 bits per heavy atom. The summed E-state index contributed by atoms with van der Waals surface area (Å²) in [6.45, 7) is 0. The van der Waals surface area contributed by atoms with E-state index in [0.717, 1.165) is 55.8 Å². The molecule has 0 amide bonds. The molecular weight excluding hydrogens is 609 g/mol. The van der Waals surface area contributed by atoms with Crippen LogP contribution in [0.3, 0.4) is 0 Å². The van der Waals surface area contributed by atoms with Crippen molar-refractivity contribution in [3.63, 3.8) is 0 Å². The quantitative estimate of drug-likeness (QED) is 0.176. The van der Waals surface area contributed by atoms with Gasteiger partial charge in [-0.05, 0) is 56.6 Å². The zero-order valence-corrected chi connectivity index (χ0v) is 27.0. The number of para-hydroxylation sites is 1. The molecule has 0 unspecified atom stereocenters. The monoisotopic (exact) mass is 636 g/mol. The van der Waals surface area contributed by atoms with E-state index in [4.69, 9.17) is 19.9 Å². The summed E-state index contributed by atoms with van der Waals surface area (Å²) in [5, 5.41) is 8.60. The number of fused-ring (bicyclic) bond motifs is 1. The van der Waals surface area contributed by atoms with Gasteiger partial charge in [0.15, 0.2) is 11.6 Å². The lowest BCUT2D eigenvalue weighted by atomic mass is 9.92. The predicted molar refractivity (Wildman–Crippen MR) is 206 cm³/mol. The lowest BCUT2D eigenvalue weighted by Gasteiger charge is -2.14. The first-order chi connectivity index (χ1) is 24.7. The normalized spacial score (nSPS) is 11.6. The third kappa shape index (κ3) is 4.77. The minimum Gasteiger partial charge on any atom is -0.228 e. The Balaban J connectivity index is 1.09. The van der Waals surface area contributed by atoms with Gasteiger partial charge in [-0.2, -0.15) is 0 Å². The highest BCUT2D eigenvalue weighted by molar-refractivity contribution is 6.24.